The lowest BCUT2D eigenvalue weighted by molar-refractivity contribution is 0.0103. The molecule has 0 amide bonds. The molecule has 0 aromatic carbocycles. The number of hydrogen-bond acceptors (Lipinski definition) is 7. The van der Waals surface area contributed by atoms with Gasteiger partial charge in [0.05, 0.1) is 30.1 Å². The number of aryl methyl sites for hydroxylation is 1. The van der Waals surface area contributed by atoms with Gasteiger partial charge in [-0.25, -0.2) is 9.97 Å². The number of hydrogen-bond donors (Lipinski definition) is 0. The summed E-state index contributed by atoms with van der Waals surface area (Å²) in [4.78, 5) is 18.3. The van der Waals surface area contributed by atoms with E-state index in [0.717, 1.165) is 56.8 Å². The zero-order valence-corrected chi connectivity index (χ0v) is 15.5. The van der Waals surface area contributed by atoms with Gasteiger partial charge in [-0.15, -0.1) is 11.3 Å². The van der Waals surface area contributed by atoms with Crippen LogP contribution < -0.4 is 4.90 Å². The van der Waals surface area contributed by atoms with E-state index >= 15 is 0 Å². The third-order valence-electron chi connectivity index (χ3n) is 5.11. The minimum absolute atomic E-state index is 0.164. The molecule has 134 valence electrons. The van der Waals surface area contributed by atoms with E-state index in [4.69, 9.17) is 4.74 Å². The second-order valence-corrected chi connectivity index (χ2v) is 8.27. The van der Waals surface area contributed by atoms with E-state index in [-0.39, 0.29) is 5.41 Å². The maximum Gasteiger partial charge on any atom is 0.147 e. The molecule has 2 aromatic heterocycles. The average molecular weight is 359 g/mol. The predicted octanol–water partition coefficient (Wildman–Crippen LogP) is 2.36. The number of piperidine rings is 1. The second-order valence-electron chi connectivity index (χ2n) is 7.21. The highest BCUT2D eigenvalue weighted by Crippen LogP contribution is 2.34. The molecular weight excluding hydrogens is 334 g/mol. The Hall–Kier alpha value is -1.57. The predicted molar refractivity (Wildman–Crippen MR) is 98.9 cm³/mol. The van der Waals surface area contributed by atoms with E-state index in [0.29, 0.717) is 0 Å². The van der Waals surface area contributed by atoms with Crippen molar-refractivity contribution >= 4 is 17.2 Å². The molecule has 0 aliphatic carbocycles. The first-order chi connectivity index (χ1) is 12.2. The van der Waals surface area contributed by atoms with E-state index in [1.807, 2.05) is 6.20 Å². The van der Waals surface area contributed by atoms with Crippen molar-refractivity contribution in [3.8, 4) is 0 Å². The SMILES string of the molecule is Cc1nc(CN2CCCC3(COCCN(c4cnccn4)C3)C2)cs1. The molecule has 0 bridgehead atoms. The van der Waals surface area contributed by atoms with Crippen molar-refractivity contribution in [2.45, 2.75) is 26.3 Å². The third-order valence-corrected chi connectivity index (χ3v) is 5.93. The van der Waals surface area contributed by atoms with E-state index in [1.54, 1.807) is 23.7 Å². The Bertz CT molecular complexity index is 694. The van der Waals surface area contributed by atoms with Gasteiger partial charge >= 0.3 is 0 Å². The van der Waals surface area contributed by atoms with Gasteiger partial charge in [0, 0.05) is 49.4 Å². The van der Waals surface area contributed by atoms with E-state index < -0.39 is 0 Å². The van der Waals surface area contributed by atoms with Crippen molar-refractivity contribution in [3.05, 3.63) is 34.7 Å². The van der Waals surface area contributed by atoms with Gasteiger partial charge in [-0.1, -0.05) is 0 Å². The quantitative estimate of drug-likeness (QED) is 0.839. The van der Waals surface area contributed by atoms with Crippen LogP contribution in [0.3, 0.4) is 0 Å². The highest BCUT2D eigenvalue weighted by molar-refractivity contribution is 7.09. The highest BCUT2D eigenvalue weighted by Gasteiger charge is 2.39. The lowest BCUT2D eigenvalue weighted by atomic mass is 9.80. The minimum Gasteiger partial charge on any atom is -0.379 e. The number of thiazole rings is 1. The second kappa shape index (κ2) is 7.35. The molecule has 2 aromatic rings. The first kappa shape index (κ1) is 16.9. The Labute approximate surface area is 152 Å². The van der Waals surface area contributed by atoms with Crippen LogP contribution in [0.15, 0.2) is 24.0 Å². The Morgan fingerprint density at radius 1 is 1.28 bits per heavy atom. The monoisotopic (exact) mass is 359 g/mol. The fourth-order valence-corrected chi connectivity index (χ4v) is 4.65. The minimum atomic E-state index is 0.164. The van der Waals surface area contributed by atoms with Crippen molar-refractivity contribution in [1.29, 1.82) is 0 Å². The van der Waals surface area contributed by atoms with Gasteiger partial charge in [0.15, 0.2) is 0 Å². The maximum atomic E-state index is 6.01. The molecule has 0 N–H and O–H groups in total. The largest absolute Gasteiger partial charge is 0.379 e. The van der Waals surface area contributed by atoms with Crippen molar-refractivity contribution in [1.82, 2.24) is 19.9 Å². The van der Waals surface area contributed by atoms with Crippen LogP contribution in [0, 0.1) is 12.3 Å². The van der Waals surface area contributed by atoms with Crippen LogP contribution in [0.25, 0.3) is 0 Å². The fraction of sp³-hybridized carbons (Fsp3) is 0.611. The van der Waals surface area contributed by atoms with Gasteiger partial charge in [-0.3, -0.25) is 9.88 Å². The molecular formula is C18H25N5OS. The standard InChI is InChI=1S/C18H25N5OS/c1-15-21-16(11-25-15)10-22-6-2-3-18(12-22)13-23(7-8-24-14-18)17-9-19-4-5-20-17/h4-5,9,11H,2-3,6-8,10,12-14H2,1H3. The highest BCUT2D eigenvalue weighted by atomic mass is 32.1. The summed E-state index contributed by atoms with van der Waals surface area (Å²) in [6.07, 6.45) is 7.77. The topological polar surface area (TPSA) is 54.4 Å². The first-order valence-corrected chi connectivity index (χ1v) is 9.83. The molecule has 0 saturated carbocycles. The van der Waals surface area contributed by atoms with E-state index in [9.17, 15) is 0 Å². The van der Waals surface area contributed by atoms with Crippen LogP contribution >= 0.6 is 11.3 Å². The summed E-state index contributed by atoms with van der Waals surface area (Å²) in [6, 6.07) is 0. The molecule has 4 rings (SSSR count). The van der Waals surface area contributed by atoms with E-state index in [2.05, 4.69) is 37.1 Å². The van der Waals surface area contributed by atoms with Gasteiger partial charge < -0.3 is 9.64 Å². The molecule has 0 radical (unpaired) electrons. The smallest absolute Gasteiger partial charge is 0.147 e. The number of anilines is 1. The number of aromatic nitrogens is 3. The molecule has 1 unspecified atom stereocenters. The molecule has 6 nitrogen and oxygen atoms in total. The van der Waals surface area contributed by atoms with Crippen molar-refractivity contribution in [2.24, 2.45) is 5.41 Å². The molecule has 2 saturated heterocycles. The van der Waals surface area contributed by atoms with Crippen molar-refractivity contribution in [2.75, 3.05) is 44.3 Å². The Kier molecular flexibility index (Phi) is 4.96. The van der Waals surface area contributed by atoms with E-state index in [1.165, 1.54) is 18.5 Å². The molecule has 1 spiro atoms. The molecule has 2 fully saturated rings. The summed E-state index contributed by atoms with van der Waals surface area (Å²) in [7, 11) is 0. The van der Waals surface area contributed by atoms with Gasteiger partial charge in [0.2, 0.25) is 0 Å². The number of rotatable bonds is 3. The first-order valence-electron chi connectivity index (χ1n) is 8.95. The van der Waals surface area contributed by atoms with Crippen LogP contribution in [0.4, 0.5) is 5.82 Å². The lowest BCUT2D eigenvalue weighted by Crippen LogP contribution is -2.50. The summed E-state index contributed by atoms with van der Waals surface area (Å²) in [5, 5.41) is 3.33. The Morgan fingerprint density at radius 2 is 2.24 bits per heavy atom. The molecule has 2 aliphatic rings. The normalized spacial score (nSPS) is 25.2. The molecule has 7 heteroatoms. The Morgan fingerprint density at radius 3 is 3.04 bits per heavy atom. The Balaban J connectivity index is 1.48. The molecule has 25 heavy (non-hydrogen) atoms. The van der Waals surface area contributed by atoms with Crippen LogP contribution in [0.1, 0.15) is 23.5 Å². The van der Waals surface area contributed by atoms with Crippen LogP contribution in [0.5, 0.6) is 0 Å². The summed E-state index contributed by atoms with van der Waals surface area (Å²) < 4.78 is 6.01. The number of nitrogens with zero attached hydrogens (tertiary/aromatic N) is 5. The summed E-state index contributed by atoms with van der Waals surface area (Å²) in [5.41, 5.74) is 1.36. The van der Waals surface area contributed by atoms with Gasteiger partial charge in [0.1, 0.15) is 5.82 Å². The average Bonchev–Trinajstić information content (AvgIpc) is 2.92. The van der Waals surface area contributed by atoms with Crippen LogP contribution in [-0.4, -0.2) is 59.2 Å². The van der Waals surface area contributed by atoms with Crippen molar-refractivity contribution < 1.29 is 4.74 Å². The zero-order chi connectivity index (χ0) is 17.1. The van der Waals surface area contributed by atoms with Gasteiger partial charge in [0.25, 0.3) is 0 Å². The zero-order valence-electron chi connectivity index (χ0n) is 14.7. The maximum absolute atomic E-state index is 6.01. The molecule has 1 atom stereocenters. The fourth-order valence-electron chi connectivity index (χ4n) is 4.04. The third kappa shape index (κ3) is 3.99. The molecule has 2 aliphatic heterocycles. The van der Waals surface area contributed by atoms with Crippen molar-refractivity contribution in [3.63, 3.8) is 0 Å². The summed E-state index contributed by atoms with van der Waals surface area (Å²) >= 11 is 1.74. The number of likely N-dealkylation sites (tertiary alicyclic amines) is 1. The van der Waals surface area contributed by atoms with Gasteiger partial charge in [-0.05, 0) is 26.3 Å². The molecule has 4 heterocycles. The van der Waals surface area contributed by atoms with Crippen LogP contribution in [0.2, 0.25) is 0 Å². The summed E-state index contributed by atoms with van der Waals surface area (Å²) in [5.74, 6) is 0.958. The van der Waals surface area contributed by atoms with Crippen LogP contribution in [-0.2, 0) is 11.3 Å². The number of ether oxygens (including phenoxy) is 1. The van der Waals surface area contributed by atoms with Gasteiger partial charge in [-0.2, -0.15) is 0 Å². The lowest BCUT2D eigenvalue weighted by Gasteiger charge is -2.43. The summed E-state index contributed by atoms with van der Waals surface area (Å²) in [6.45, 7) is 8.66.